The Balaban J connectivity index is 1.73. The second-order valence-electron chi connectivity index (χ2n) is 6.24. The number of nitrogens with zero attached hydrogens (tertiary/aromatic N) is 2. The molecule has 0 spiro atoms. The summed E-state index contributed by atoms with van der Waals surface area (Å²) in [5.74, 6) is 0.878. The molecular formula is C22H18Cl2IN3O3. The second-order valence-corrected chi connectivity index (χ2v) is 8.21. The topological polar surface area (TPSA) is 72.8 Å². The third-order valence-corrected chi connectivity index (χ3v) is 5.56. The van der Waals surface area contributed by atoms with Crippen LogP contribution in [0.5, 0.6) is 11.5 Å². The maximum absolute atomic E-state index is 12.1. The number of carbonyl (C=O) groups excluding carboxylic acids is 1. The summed E-state index contributed by atoms with van der Waals surface area (Å²) in [6, 6.07) is 12.3. The Morgan fingerprint density at radius 3 is 2.61 bits per heavy atom. The molecule has 0 radical (unpaired) electrons. The molecule has 1 amide bonds. The Bertz CT molecular complexity index is 1090. The lowest BCUT2D eigenvalue weighted by Gasteiger charge is -2.15. The molecular weight excluding hydrogens is 552 g/mol. The number of rotatable bonds is 8. The predicted molar refractivity (Wildman–Crippen MR) is 130 cm³/mol. The molecule has 3 rings (SSSR count). The minimum Gasteiger partial charge on any atom is -0.490 e. The quantitative estimate of drug-likeness (QED) is 0.213. The molecule has 0 saturated heterocycles. The molecule has 0 unspecified atom stereocenters. The van der Waals surface area contributed by atoms with Gasteiger partial charge < -0.3 is 9.47 Å². The molecule has 0 fully saturated rings. The van der Waals surface area contributed by atoms with E-state index in [0.29, 0.717) is 40.3 Å². The molecule has 9 heteroatoms. The lowest BCUT2D eigenvalue weighted by atomic mass is 10.2. The average Bonchev–Trinajstić information content (AvgIpc) is 2.76. The highest BCUT2D eigenvalue weighted by Crippen LogP contribution is 2.35. The molecule has 0 aliphatic carbocycles. The van der Waals surface area contributed by atoms with E-state index in [0.717, 1.165) is 14.7 Å². The monoisotopic (exact) mass is 569 g/mol. The van der Waals surface area contributed by atoms with E-state index in [1.165, 1.54) is 0 Å². The van der Waals surface area contributed by atoms with Crippen molar-refractivity contribution >= 4 is 57.9 Å². The van der Waals surface area contributed by atoms with Gasteiger partial charge in [-0.2, -0.15) is 5.10 Å². The van der Waals surface area contributed by atoms with Crippen molar-refractivity contribution in [3.05, 3.63) is 85.2 Å². The van der Waals surface area contributed by atoms with Crippen LogP contribution >= 0.6 is 45.8 Å². The summed E-state index contributed by atoms with van der Waals surface area (Å²) >= 11 is 14.2. The van der Waals surface area contributed by atoms with Gasteiger partial charge in [0.05, 0.1) is 26.4 Å². The van der Waals surface area contributed by atoms with Gasteiger partial charge in [0, 0.05) is 18.0 Å². The zero-order chi connectivity index (χ0) is 22.2. The van der Waals surface area contributed by atoms with Gasteiger partial charge in [-0.1, -0.05) is 29.3 Å². The molecule has 160 valence electrons. The second kappa shape index (κ2) is 11.3. The van der Waals surface area contributed by atoms with Gasteiger partial charge in [0.25, 0.3) is 5.91 Å². The third kappa shape index (κ3) is 6.56. The first-order valence-electron chi connectivity index (χ1n) is 9.24. The van der Waals surface area contributed by atoms with Gasteiger partial charge in [0.2, 0.25) is 0 Å². The largest absolute Gasteiger partial charge is 0.490 e. The minimum atomic E-state index is -0.319. The summed E-state index contributed by atoms with van der Waals surface area (Å²) in [5.41, 5.74) is 4.61. The van der Waals surface area contributed by atoms with Crippen LogP contribution in [0.2, 0.25) is 10.0 Å². The third-order valence-electron chi connectivity index (χ3n) is 4.02. The predicted octanol–water partition coefficient (Wildman–Crippen LogP) is 5.73. The van der Waals surface area contributed by atoms with Crippen LogP contribution in [-0.2, 0) is 6.61 Å². The van der Waals surface area contributed by atoms with Crippen molar-refractivity contribution in [3.8, 4) is 11.5 Å². The molecule has 2 aromatic carbocycles. The lowest BCUT2D eigenvalue weighted by Crippen LogP contribution is -2.17. The van der Waals surface area contributed by atoms with E-state index >= 15 is 0 Å². The van der Waals surface area contributed by atoms with Crippen molar-refractivity contribution < 1.29 is 14.3 Å². The smallest absolute Gasteiger partial charge is 0.271 e. The fraction of sp³-hybridized carbons (Fsp3) is 0.136. The van der Waals surface area contributed by atoms with Gasteiger partial charge >= 0.3 is 0 Å². The number of aromatic nitrogens is 1. The molecule has 0 bridgehead atoms. The summed E-state index contributed by atoms with van der Waals surface area (Å²) < 4.78 is 12.6. The number of carbonyl (C=O) groups is 1. The average molecular weight is 570 g/mol. The molecule has 1 N–H and O–H groups in total. The maximum atomic E-state index is 12.1. The standard InChI is InChI=1S/C22H18Cl2IN3O3/c1-2-30-20-11-15(12-27-28-22(29)16-5-7-26-8-6-16)10-19(25)21(20)31-13-14-3-4-17(23)18(24)9-14/h3-12H,2,13H2,1H3,(H,28,29)/b27-12+. The number of benzene rings is 2. The molecule has 1 heterocycles. The molecule has 0 aliphatic heterocycles. The van der Waals surface area contributed by atoms with E-state index in [4.69, 9.17) is 32.7 Å². The van der Waals surface area contributed by atoms with Crippen molar-refractivity contribution in [2.45, 2.75) is 13.5 Å². The van der Waals surface area contributed by atoms with E-state index in [-0.39, 0.29) is 5.91 Å². The molecule has 0 saturated carbocycles. The Morgan fingerprint density at radius 1 is 1.13 bits per heavy atom. The lowest BCUT2D eigenvalue weighted by molar-refractivity contribution is 0.0955. The zero-order valence-electron chi connectivity index (χ0n) is 16.4. The van der Waals surface area contributed by atoms with E-state index in [2.05, 4.69) is 38.1 Å². The van der Waals surface area contributed by atoms with E-state index < -0.39 is 0 Å². The molecule has 3 aromatic rings. The SMILES string of the molecule is CCOc1cc(/C=N/NC(=O)c2ccncc2)cc(I)c1OCc1ccc(Cl)c(Cl)c1. The van der Waals surface area contributed by atoms with Gasteiger partial charge in [-0.05, 0) is 77.0 Å². The first-order valence-corrected chi connectivity index (χ1v) is 11.1. The van der Waals surface area contributed by atoms with Crippen molar-refractivity contribution in [2.24, 2.45) is 5.10 Å². The number of pyridine rings is 1. The van der Waals surface area contributed by atoms with Gasteiger partial charge in [-0.25, -0.2) is 5.43 Å². The van der Waals surface area contributed by atoms with Crippen LogP contribution in [0.15, 0.2) is 60.0 Å². The van der Waals surface area contributed by atoms with Crippen LogP contribution in [0.3, 0.4) is 0 Å². The van der Waals surface area contributed by atoms with Crippen molar-refractivity contribution in [1.29, 1.82) is 0 Å². The number of hydrogen-bond acceptors (Lipinski definition) is 5. The minimum absolute atomic E-state index is 0.308. The molecule has 0 atom stereocenters. The number of halogens is 3. The van der Waals surface area contributed by atoms with E-state index in [1.54, 1.807) is 48.9 Å². The van der Waals surface area contributed by atoms with Crippen LogP contribution < -0.4 is 14.9 Å². The maximum Gasteiger partial charge on any atom is 0.271 e. The number of nitrogens with one attached hydrogen (secondary N) is 1. The first-order chi connectivity index (χ1) is 15.0. The highest BCUT2D eigenvalue weighted by Gasteiger charge is 2.13. The van der Waals surface area contributed by atoms with Crippen LogP contribution in [-0.4, -0.2) is 23.7 Å². The summed E-state index contributed by atoms with van der Waals surface area (Å²) in [4.78, 5) is 16.0. The van der Waals surface area contributed by atoms with Crippen LogP contribution in [0, 0.1) is 3.57 Å². The first kappa shape index (κ1) is 23.3. The summed E-state index contributed by atoms with van der Waals surface area (Å²) in [5, 5.41) is 5.00. The normalized spacial score (nSPS) is 10.8. The van der Waals surface area contributed by atoms with Crippen molar-refractivity contribution in [3.63, 3.8) is 0 Å². The summed E-state index contributed by atoms with van der Waals surface area (Å²) in [6.07, 6.45) is 4.64. The summed E-state index contributed by atoms with van der Waals surface area (Å²) in [7, 11) is 0. The highest BCUT2D eigenvalue weighted by atomic mass is 127. The Kier molecular flexibility index (Phi) is 8.51. The Labute approximate surface area is 203 Å². The Hall–Kier alpha value is -2.36. The Morgan fingerprint density at radius 2 is 1.90 bits per heavy atom. The zero-order valence-corrected chi connectivity index (χ0v) is 20.1. The molecule has 0 aliphatic rings. The van der Waals surface area contributed by atoms with Gasteiger partial charge in [-0.15, -0.1) is 0 Å². The highest BCUT2D eigenvalue weighted by molar-refractivity contribution is 14.1. The summed E-state index contributed by atoms with van der Waals surface area (Å²) in [6.45, 7) is 2.67. The van der Waals surface area contributed by atoms with Crippen LogP contribution in [0.1, 0.15) is 28.4 Å². The number of amides is 1. The molecule has 6 nitrogen and oxygen atoms in total. The van der Waals surface area contributed by atoms with E-state index in [1.807, 2.05) is 19.1 Å². The fourth-order valence-electron chi connectivity index (χ4n) is 2.58. The van der Waals surface area contributed by atoms with Crippen molar-refractivity contribution in [1.82, 2.24) is 10.4 Å². The molecule has 1 aromatic heterocycles. The number of hydrogen-bond donors (Lipinski definition) is 1. The number of ether oxygens (including phenoxy) is 2. The van der Waals surface area contributed by atoms with Gasteiger partial charge in [0.1, 0.15) is 6.61 Å². The van der Waals surface area contributed by atoms with Gasteiger partial charge in [0.15, 0.2) is 11.5 Å². The molecule has 31 heavy (non-hydrogen) atoms. The van der Waals surface area contributed by atoms with Crippen molar-refractivity contribution in [2.75, 3.05) is 6.61 Å². The fourth-order valence-corrected chi connectivity index (χ4v) is 3.69. The van der Waals surface area contributed by atoms with E-state index in [9.17, 15) is 4.79 Å². The number of hydrazone groups is 1. The van der Waals surface area contributed by atoms with Gasteiger partial charge in [-0.3, -0.25) is 9.78 Å². The van der Waals surface area contributed by atoms with Crippen LogP contribution in [0.25, 0.3) is 0 Å². The van der Waals surface area contributed by atoms with Crippen LogP contribution in [0.4, 0.5) is 0 Å².